The molecule has 4 heteroatoms. The van der Waals surface area contributed by atoms with Gasteiger partial charge >= 0.3 is 5.97 Å². The predicted molar refractivity (Wildman–Crippen MR) is 92.5 cm³/mol. The average molecular weight is 316 g/mol. The number of ether oxygens (including phenoxy) is 2. The van der Waals surface area contributed by atoms with Crippen molar-refractivity contribution in [2.75, 3.05) is 13.7 Å². The minimum absolute atomic E-state index is 0.223. The standard InChI is InChI=1S/C17H18O4.C2H6/c1-12-9-15(20-2)16(10-14(12)17(18)19)21-11-13-7-5-3-4-6-8-13;1-2/h3-7,9-10H,8,11H2,1-2H3,(H,18,19);1-2H3. The van der Waals surface area contributed by atoms with Crippen molar-refractivity contribution in [2.45, 2.75) is 27.2 Å². The molecule has 0 spiro atoms. The normalized spacial score (nSPS) is 12.6. The SMILES string of the molecule is CC.COc1cc(C)c(C(=O)O)cc1OCC1=CC=CC=CC1. The van der Waals surface area contributed by atoms with Crippen molar-refractivity contribution >= 4 is 5.97 Å². The van der Waals surface area contributed by atoms with Gasteiger partial charge in [0.2, 0.25) is 0 Å². The molecule has 0 atom stereocenters. The molecule has 1 aliphatic carbocycles. The first-order valence-corrected chi connectivity index (χ1v) is 7.67. The summed E-state index contributed by atoms with van der Waals surface area (Å²) in [5.41, 5.74) is 1.98. The minimum Gasteiger partial charge on any atom is -0.493 e. The lowest BCUT2D eigenvalue weighted by atomic mass is 10.1. The highest BCUT2D eigenvalue weighted by Crippen LogP contribution is 2.31. The highest BCUT2D eigenvalue weighted by atomic mass is 16.5. The fourth-order valence-electron chi connectivity index (χ4n) is 2.06. The van der Waals surface area contributed by atoms with E-state index >= 15 is 0 Å². The molecule has 2 rings (SSSR count). The number of benzene rings is 1. The number of allylic oxidation sites excluding steroid dienone is 5. The largest absolute Gasteiger partial charge is 0.493 e. The quantitative estimate of drug-likeness (QED) is 0.866. The van der Waals surface area contributed by atoms with Gasteiger partial charge in [-0.3, -0.25) is 0 Å². The second-order valence-electron chi connectivity index (χ2n) is 4.75. The Hall–Kier alpha value is -2.49. The van der Waals surface area contributed by atoms with Gasteiger partial charge in [0.05, 0.1) is 12.7 Å². The summed E-state index contributed by atoms with van der Waals surface area (Å²) in [5, 5.41) is 9.18. The smallest absolute Gasteiger partial charge is 0.336 e. The molecule has 1 aliphatic rings. The molecule has 0 fully saturated rings. The summed E-state index contributed by atoms with van der Waals surface area (Å²) < 4.78 is 11.0. The Labute approximate surface area is 137 Å². The van der Waals surface area contributed by atoms with Crippen LogP contribution < -0.4 is 9.47 Å². The van der Waals surface area contributed by atoms with Gasteiger partial charge in [-0.05, 0) is 36.6 Å². The van der Waals surface area contributed by atoms with Crippen LogP contribution in [-0.2, 0) is 0 Å². The summed E-state index contributed by atoms with van der Waals surface area (Å²) in [4.78, 5) is 11.2. The fourth-order valence-corrected chi connectivity index (χ4v) is 2.06. The van der Waals surface area contributed by atoms with Crippen LogP contribution in [0.1, 0.15) is 36.2 Å². The van der Waals surface area contributed by atoms with Gasteiger partial charge in [0.1, 0.15) is 6.61 Å². The molecule has 0 amide bonds. The van der Waals surface area contributed by atoms with E-state index < -0.39 is 5.97 Å². The van der Waals surface area contributed by atoms with E-state index in [2.05, 4.69) is 0 Å². The first-order chi connectivity index (χ1) is 11.1. The van der Waals surface area contributed by atoms with E-state index in [4.69, 9.17) is 9.47 Å². The van der Waals surface area contributed by atoms with E-state index in [-0.39, 0.29) is 5.56 Å². The molecule has 124 valence electrons. The lowest BCUT2D eigenvalue weighted by molar-refractivity contribution is 0.0695. The molecule has 0 saturated heterocycles. The Morgan fingerprint density at radius 3 is 2.57 bits per heavy atom. The number of rotatable bonds is 5. The third-order valence-corrected chi connectivity index (χ3v) is 3.22. The maximum Gasteiger partial charge on any atom is 0.336 e. The molecule has 0 heterocycles. The van der Waals surface area contributed by atoms with Crippen molar-refractivity contribution in [1.29, 1.82) is 0 Å². The second-order valence-corrected chi connectivity index (χ2v) is 4.75. The molecular formula is C19H24O4. The van der Waals surface area contributed by atoms with Gasteiger partial charge in [0.15, 0.2) is 11.5 Å². The molecule has 4 nitrogen and oxygen atoms in total. The molecule has 0 radical (unpaired) electrons. The van der Waals surface area contributed by atoms with Crippen LogP contribution in [0.2, 0.25) is 0 Å². The maximum absolute atomic E-state index is 11.2. The van der Waals surface area contributed by atoms with Gasteiger partial charge in [-0.15, -0.1) is 0 Å². The second kappa shape index (κ2) is 9.51. The van der Waals surface area contributed by atoms with Crippen LogP contribution in [0, 0.1) is 6.92 Å². The number of methoxy groups -OCH3 is 1. The van der Waals surface area contributed by atoms with Crippen LogP contribution in [0.4, 0.5) is 0 Å². The van der Waals surface area contributed by atoms with E-state index in [0.717, 1.165) is 12.0 Å². The Bertz CT molecular complexity index is 625. The zero-order valence-corrected chi connectivity index (χ0v) is 14.1. The fraction of sp³-hybridized carbons (Fsp3) is 0.316. The number of carboxylic acid groups (broad SMARTS) is 1. The predicted octanol–water partition coefficient (Wildman–Crippen LogP) is 4.55. The molecular weight excluding hydrogens is 292 g/mol. The van der Waals surface area contributed by atoms with Gasteiger partial charge in [0, 0.05) is 0 Å². The lowest BCUT2D eigenvalue weighted by Crippen LogP contribution is -2.06. The summed E-state index contributed by atoms with van der Waals surface area (Å²) in [7, 11) is 1.54. The van der Waals surface area contributed by atoms with E-state index in [1.807, 2.05) is 44.2 Å². The van der Waals surface area contributed by atoms with Crippen molar-refractivity contribution in [1.82, 2.24) is 0 Å². The highest BCUT2D eigenvalue weighted by molar-refractivity contribution is 5.90. The maximum atomic E-state index is 11.2. The zero-order chi connectivity index (χ0) is 17.2. The van der Waals surface area contributed by atoms with Crippen molar-refractivity contribution in [2.24, 2.45) is 0 Å². The van der Waals surface area contributed by atoms with Crippen molar-refractivity contribution in [3.8, 4) is 11.5 Å². The Kier molecular flexibility index (Phi) is 7.67. The molecule has 0 aliphatic heterocycles. The first kappa shape index (κ1) is 18.6. The first-order valence-electron chi connectivity index (χ1n) is 7.67. The number of carboxylic acids is 1. The zero-order valence-electron chi connectivity index (χ0n) is 14.1. The van der Waals surface area contributed by atoms with Crippen molar-refractivity contribution in [3.05, 3.63) is 59.2 Å². The van der Waals surface area contributed by atoms with Gasteiger partial charge in [-0.2, -0.15) is 0 Å². The van der Waals surface area contributed by atoms with Gasteiger partial charge in [-0.25, -0.2) is 4.79 Å². The van der Waals surface area contributed by atoms with Crippen LogP contribution in [0.25, 0.3) is 0 Å². The molecule has 0 aromatic heterocycles. The number of hydrogen-bond acceptors (Lipinski definition) is 3. The Balaban J connectivity index is 0.00000127. The van der Waals surface area contributed by atoms with E-state index in [9.17, 15) is 9.90 Å². The van der Waals surface area contributed by atoms with Crippen LogP contribution in [0.5, 0.6) is 11.5 Å². The number of aryl methyl sites for hydroxylation is 1. The van der Waals surface area contributed by atoms with Crippen LogP contribution in [0.3, 0.4) is 0 Å². The third kappa shape index (κ3) is 5.33. The van der Waals surface area contributed by atoms with Crippen LogP contribution in [-0.4, -0.2) is 24.8 Å². The summed E-state index contributed by atoms with van der Waals surface area (Å²) in [6.07, 6.45) is 10.8. The Morgan fingerprint density at radius 2 is 1.91 bits per heavy atom. The minimum atomic E-state index is -0.973. The molecule has 0 saturated carbocycles. The molecule has 23 heavy (non-hydrogen) atoms. The summed E-state index contributed by atoms with van der Waals surface area (Å²) in [6, 6.07) is 3.19. The summed E-state index contributed by atoms with van der Waals surface area (Å²) in [5.74, 6) is 0.0102. The van der Waals surface area contributed by atoms with E-state index in [0.29, 0.717) is 23.7 Å². The summed E-state index contributed by atoms with van der Waals surface area (Å²) >= 11 is 0. The number of carbonyl (C=O) groups is 1. The molecule has 1 aromatic rings. The van der Waals surface area contributed by atoms with Crippen molar-refractivity contribution < 1.29 is 19.4 Å². The lowest BCUT2D eigenvalue weighted by Gasteiger charge is -2.14. The average Bonchev–Trinajstić information content (AvgIpc) is 2.83. The number of hydrogen-bond donors (Lipinski definition) is 1. The third-order valence-electron chi connectivity index (χ3n) is 3.22. The van der Waals surface area contributed by atoms with Crippen LogP contribution >= 0.6 is 0 Å². The van der Waals surface area contributed by atoms with Gasteiger partial charge in [0.25, 0.3) is 0 Å². The van der Waals surface area contributed by atoms with Gasteiger partial charge in [-0.1, -0.05) is 44.2 Å². The van der Waals surface area contributed by atoms with Crippen LogP contribution in [0.15, 0.2) is 48.1 Å². The number of aromatic carboxylic acids is 1. The summed E-state index contributed by atoms with van der Waals surface area (Å²) in [6.45, 7) is 6.13. The molecule has 1 N–H and O–H groups in total. The molecule has 1 aromatic carbocycles. The highest BCUT2D eigenvalue weighted by Gasteiger charge is 2.14. The van der Waals surface area contributed by atoms with E-state index in [1.54, 1.807) is 20.1 Å². The van der Waals surface area contributed by atoms with Crippen molar-refractivity contribution in [3.63, 3.8) is 0 Å². The van der Waals surface area contributed by atoms with Gasteiger partial charge < -0.3 is 14.6 Å². The molecule has 0 unspecified atom stereocenters. The Morgan fingerprint density at radius 1 is 1.17 bits per heavy atom. The topological polar surface area (TPSA) is 55.8 Å². The van der Waals surface area contributed by atoms with E-state index in [1.165, 1.54) is 6.07 Å². The molecule has 0 bridgehead atoms. The monoisotopic (exact) mass is 316 g/mol.